The Morgan fingerprint density at radius 1 is 1.30 bits per heavy atom. The number of fused-ring (bicyclic) bond motifs is 1. The molecule has 146 valence electrons. The quantitative estimate of drug-likeness (QED) is 0.776. The summed E-state index contributed by atoms with van der Waals surface area (Å²) in [5.74, 6) is 0.542. The van der Waals surface area contributed by atoms with E-state index in [1.54, 1.807) is 23.5 Å². The summed E-state index contributed by atoms with van der Waals surface area (Å²) in [5.41, 5.74) is 2.02. The van der Waals surface area contributed by atoms with E-state index in [0.717, 1.165) is 55.0 Å². The van der Waals surface area contributed by atoms with Gasteiger partial charge < -0.3 is 10.6 Å². The van der Waals surface area contributed by atoms with Gasteiger partial charge in [-0.25, -0.2) is 9.37 Å². The van der Waals surface area contributed by atoms with E-state index in [2.05, 4.69) is 10.6 Å². The van der Waals surface area contributed by atoms with E-state index in [1.165, 1.54) is 23.4 Å². The van der Waals surface area contributed by atoms with Gasteiger partial charge in [0.2, 0.25) is 5.91 Å². The first-order valence-corrected chi connectivity index (χ1v) is 10.3. The van der Waals surface area contributed by atoms with E-state index < -0.39 is 0 Å². The van der Waals surface area contributed by atoms with Crippen LogP contribution in [0, 0.1) is 11.7 Å². The van der Waals surface area contributed by atoms with Gasteiger partial charge in [-0.3, -0.25) is 4.79 Å². The molecule has 1 aromatic heterocycles. The molecule has 4 nitrogen and oxygen atoms in total. The lowest BCUT2D eigenvalue weighted by Gasteiger charge is -2.22. The molecule has 0 saturated carbocycles. The molecule has 1 aliphatic heterocycles. The monoisotopic (exact) mass is 409 g/mol. The highest BCUT2D eigenvalue weighted by Gasteiger charge is 2.26. The van der Waals surface area contributed by atoms with Crippen LogP contribution in [0.1, 0.15) is 48.7 Å². The van der Waals surface area contributed by atoms with E-state index in [0.29, 0.717) is 12.3 Å². The van der Waals surface area contributed by atoms with Crippen LogP contribution in [0.4, 0.5) is 4.39 Å². The van der Waals surface area contributed by atoms with E-state index in [4.69, 9.17) is 4.98 Å². The molecule has 7 heteroatoms. The first kappa shape index (κ1) is 20.2. The molecule has 4 rings (SSSR count). The van der Waals surface area contributed by atoms with E-state index in [1.807, 2.05) is 0 Å². The number of nitrogens with zero attached hydrogens (tertiary/aromatic N) is 1. The summed E-state index contributed by atoms with van der Waals surface area (Å²) in [5, 5.41) is 7.48. The number of aryl methyl sites for hydroxylation is 1. The summed E-state index contributed by atoms with van der Waals surface area (Å²) in [4.78, 5) is 18.3. The molecule has 0 spiro atoms. The predicted molar refractivity (Wildman–Crippen MR) is 109 cm³/mol. The van der Waals surface area contributed by atoms with Crippen LogP contribution < -0.4 is 10.6 Å². The van der Waals surface area contributed by atoms with Crippen LogP contribution >= 0.6 is 23.7 Å². The molecular formula is C20H25ClFN3OS. The van der Waals surface area contributed by atoms with Gasteiger partial charge in [0.25, 0.3) is 0 Å². The van der Waals surface area contributed by atoms with Crippen molar-refractivity contribution < 1.29 is 9.18 Å². The summed E-state index contributed by atoms with van der Waals surface area (Å²) in [6.45, 7) is 2.11. The molecule has 27 heavy (non-hydrogen) atoms. The molecule has 1 amide bonds. The maximum atomic E-state index is 13.2. The zero-order valence-electron chi connectivity index (χ0n) is 15.2. The van der Waals surface area contributed by atoms with E-state index >= 15 is 0 Å². The Morgan fingerprint density at radius 3 is 2.85 bits per heavy atom. The fourth-order valence-corrected chi connectivity index (χ4v) is 5.04. The number of aromatic nitrogens is 1. The highest BCUT2D eigenvalue weighted by molar-refractivity contribution is 7.15. The number of hydrogen-bond acceptors (Lipinski definition) is 4. The van der Waals surface area contributed by atoms with Crippen LogP contribution in [0.2, 0.25) is 0 Å². The van der Waals surface area contributed by atoms with Crippen molar-refractivity contribution in [2.75, 3.05) is 13.1 Å². The maximum Gasteiger partial charge on any atom is 0.220 e. The van der Waals surface area contributed by atoms with Crippen LogP contribution in [0.25, 0.3) is 10.6 Å². The second-order valence-electron chi connectivity index (χ2n) is 7.25. The lowest BCUT2D eigenvalue weighted by atomic mass is 9.97. The Kier molecular flexibility index (Phi) is 6.84. The second kappa shape index (κ2) is 9.13. The molecule has 2 N–H and O–H groups in total. The van der Waals surface area contributed by atoms with Crippen molar-refractivity contribution in [1.29, 1.82) is 0 Å². The van der Waals surface area contributed by atoms with Crippen LogP contribution in [0.15, 0.2) is 24.3 Å². The van der Waals surface area contributed by atoms with Crippen molar-refractivity contribution in [3.63, 3.8) is 0 Å². The van der Waals surface area contributed by atoms with Gasteiger partial charge in [0.05, 0.1) is 16.6 Å². The Hall–Kier alpha value is -1.50. The van der Waals surface area contributed by atoms with Crippen molar-refractivity contribution in [3.8, 4) is 10.6 Å². The van der Waals surface area contributed by atoms with Crippen LogP contribution in [-0.4, -0.2) is 24.0 Å². The summed E-state index contributed by atoms with van der Waals surface area (Å²) < 4.78 is 13.2. The molecule has 0 radical (unpaired) electrons. The molecule has 2 atom stereocenters. The first-order valence-electron chi connectivity index (χ1n) is 9.44. The molecular weight excluding hydrogens is 385 g/mol. The normalized spacial score (nSPS) is 21.4. The van der Waals surface area contributed by atoms with Crippen LogP contribution in [0.5, 0.6) is 0 Å². The zero-order valence-corrected chi connectivity index (χ0v) is 16.8. The van der Waals surface area contributed by atoms with Crippen LogP contribution in [0.3, 0.4) is 0 Å². The highest BCUT2D eigenvalue weighted by Crippen LogP contribution is 2.38. The Balaban J connectivity index is 0.00000210. The molecule has 1 aromatic carbocycles. The summed E-state index contributed by atoms with van der Waals surface area (Å²) in [7, 11) is 0. The van der Waals surface area contributed by atoms with Gasteiger partial charge in [-0.1, -0.05) is 0 Å². The molecule has 1 saturated heterocycles. The van der Waals surface area contributed by atoms with Crippen molar-refractivity contribution >= 4 is 29.7 Å². The average molecular weight is 410 g/mol. The third-order valence-electron chi connectivity index (χ3n) is 5.32. The average Bonchev–Trinajstić information content (AvgIpc) is 3.31. The number of benzene rings is 1. The van der Waals surface area contributed by atoms with Gasteiger partial charge in [-0.05, 0) is 75.4 Å². The maximum absolute atomic E-state index is 13.2. The minimum atomic E-state index is -0.238. The third kappa shape index (κ3) is 4.86. The zero-order chi connectivity index (χ0) is 17.9. The lowest BCUT2D eigenvalue weighted by Crippen LogP contribution is -2.30. The van der Waals surface area contributed by atoms with Gasteiger partial charge in [0, 0.05) is 12.0 Å². The number of carbonyl (C=O) groups excluding carboxylic acids is 1. The number of carbonyl (C=O) groups is 1. The minimum absolute atomic E-state index is 0. The number of halogens is 2. The molecule has 2 heterocycles. The molecule has 0 bridgehead atoms. The fourth-order valence-electron chi connectivity index (χ4n) is 3.84. The first-order chi connectivity index (χ1) is 12.7. The standard InChI is InChI=1S/C20H24FN3OS.ClH/c21-15-7-5-14(6-8-15)20-24-17-3-1-2-16(19(17)26-20)23-18(25)9-4-13-10-11-22-12-13;/h5-8,13,16,22H,1-4,9-12H2,(H,23,25);1H. The number of amides is 1. The van der Waals surface area contributed by atoms with E-state index in [-0.39, 0.29) is 30.2 Å². The van der Waals surface area contributed by atoms with Crippen molar-refractivity contribution in [2.24, 2.45) is 5.92 Å². The van der Waals surface area contributed by atoms with Gasteiger partial charge >= 0.3 is 0 Å². The Morgan fingerprint density at radius 2 is 2.11 bits per heavy atom. The number of rotatable bonds is 5. The van der Waals surface area contributed by atoms with Gasteiger partial charge in [-0.15, -0.1) is 23.7 Å². The summed E-state index contributed by atoms with van der Waals surface area (Å²) in [6.07, 6.45) is 5.69. The summed E-state index contributed by atoms with van der Waals surface area (Å²) in [6, 6.07) is 6.53. The topological polar surface area (TPSA) is 54.0 Å². The molecule has 1 fully saturated rings. The predicted octanol–water partition coefficient (Wildman–Crippen LogP) is 4.25. The van der Waals surface area contributed by atoms with Crippen LogP contribution in [-0.2, 0) is 11.2 Å². The van der Waals surface area contributed by atoms with Crippen molar-refractivity contribution in [2.45, 2.75) is 44.6 Å². The lowest BCUT2D eigenvalue weighted by molar-refractivity contribution is -0.122. The van der Waals surface area contributed by atoms with Gasteiger partial charge in [0.1, 0.15) is 10.8 Å². The van der Waals surface area contributed by atoms with Crippen molar-refractivity contribution in [3.05, 3.63) is 40.7 Å². The molecule has 2 aliphatic rings. The molecule has 2 unspecified atom stereocenters. The van der Waals surface area contributed by atoms with E-state index in [9.17, 15) is 9.18 Å². The third-order valence-corrected chi connectivity index (χ3v) is 6.58. The largest absolute Gasteiger partial charge is 0.348 e. The SMILES string of the molecule is Cl.O=C(CCC1CCNC1)NC1CCCc2nc(-c3ccc(F)cc3)sc21. The smallest absolute Gasteiger partial charge is 0.220 e. The van der Waals surface area contributed by atoms with Gasteiger partial charge in [-0.2, -0.15) is 0 Å². The summed E-state index contributed by atoms with van der Waals surface area (Å²) >= 11 is 1.63. The van der Waals surface area contributed by atoms with Gasteiger partial charge in [0.15, 0.2) is 0 Å². The number of thiazole rings is 1. The minimum Gasteiger partial charge on any atom is -0.348 e. The Labute approximate surface area is 169 Å². The number of nitrogens with one attached hydrogen (secondary N) is 2. The number of hydrogen-bond donors (Lipinski definition) is 2. The molecule has 1 aliphatic carbocycles. The highest BCUT2D eigenvalue weighted by atomic mass is 35.5. The Bertz CT molecular complexity index is 774. The second-order valence-corrected chi connectivity index (χ2v) is 8.28. The molecule has 2 aromatic rings. The fraction of sp³-hybridized carbons (Fsp3) is 0.500. The van der Waals surface area contributed by atoms with Crippen molar-refractivity contribution in [1.82, 2.24) is 15.6 Å².